The summed E-state index contributed by atoms with van der Waals surface area (Å²) in [5, 5.41) is 42.7. The smallest absolute Gasteiger partial charge is 0.331 e. The number of allylic oxidation sites excluding steroid dienone is 4. The van der Waals surface area contributed by atoms with Gasteiger partial charge in [0, 0.05) is 36.2 Å². The van der Waals surface area contributed by atoms with Crippen molar-refractivity contribution >= 4 is 5.97 Å². The first-order valence-electron chi connectivity index (χ1n) is 14.1. The molecule has 1 aliphatic rings. The van der Waals surface area contributed by atoms with E-state index in [4.69, 9.17) is 4.74 Å². The Balaban J connectivity index is 3.17. The summed E-state index contributed by atoms with van der Waals surface area (Å²) >= 11 is 0. The van der Waals surface area contributed by atoms with Gasteiger partial charge in [-0.2, -0.15) is 0 Å². The summed E-state index contributed by atoms with van der Waals surface area (Å²) in [5.74, 6) is -0.976. The number of cyclic esters (lactones) is 1. The third kappa shape index (κ3) is 12.2. The lowest BCUT2D eigenvalue weighted by Gasteiger charge is -2.31. The number of carbonyl (C=O) groups is 1. The average Bonchev–Trinajstić information content (AvgIpc) is 2.88. The van der Waals surface area contributed by atoms with E-state index in [0.29, 0.717) is 6.42 Å². The van der Waals surface area contributed by atoms with Crippen molar-refractivity contribution in [3.63, 3.8) is 0 Å². The monoisotopic (exact) mass is 532 g/mol. The van der Waals surface area contributed by atoms with E-state index in [0.717, 1.165) is 12.8 Å². The van der Waals surface area contributed by atoms with Gasteiger partial charge in [0.1, 0.15) is 6.10 Å². The fourth-order valence-corrected chi connectivity index (χ4v) is 5.04. The van der Waals surface area contributed by atoms with Crippen LogP contribution in [0.5, 0.6) is 0 Å². The number of rotatable bonds is 3. The van der Waals surface area contributed by atoms with E-state index < -0.39 is 36.5 Å². The molecule has 6 heteroatoms. The Labute approximate surface area is 230 Å². The maximum Gasteiger partial charge on any atom is 0.331 e. The Hall–Kier alpha value is -1.99. The van der Waals surface area contributed by atoms with Gasteiger partial charge in [-0.1, -0.05) is 96.7 Å². The fourth-order valence-electron chi connectivity index (χ4n) is 5.04. The van der Waals surface area contributed by atoms with Crippen LogP contribution in [0.2, 0.25) is 0 Å². The van der Waals surface area contributed by atoms with Gasteiger partial charge < -0.3 is 25.2 Å². The number of aliphatic hydroxyl groups is 4. The van der Waals surface area contributed by atoms with Crippen molar-refractivity contribution in [1.29, 1.82) is 0 Å². The first kappa shape index (κ1) is 34.0. The van der Waals surface area contributed by atoms with Crippen LogP contribution in [0.3, 0.4) is 0 Å². The van der Waals surface area contributed by atoms with Gasteiger partial charge in [0.25, 0.3) is 0 Å². The Morgan fingerprint density at radius 1 is 0.921 bits per heavy atom. The van der Waals surface area contributed by atoms with Gasteiger partial charge in [-0.05, 0) is 31.1 Å². The molecule has 1 aliphatic heterocycles. The molecule has 0 amide bonds. The second-order valence-electron chi connectivity index (χ2n) is 11.4. The van der Waals surface area contributed by atoms with Gasteiger partial charge in [0.15, 0.2) is 0 Å². The standard InChI is InChI=1S/C32H52O6/c1-8-9-12-24(5)32-26(7)28(34)18-15-21(2)19-25(6)31(37)23(4)16-17-27(33)20-29(35)22(3)13-10-11-14-30(36)38-32/h8-14,16-17,21-29,31-35,37H,1,15,18-20H2,2-7H3/t21-,22+,23-,24-,25-,26-,27+,28+,29-,31-,32-/m0/s1. The second-order valence-corrected chi connectivity index (χ2v) is 11.4. The lowest BCUT2D eigenvalue weighted by Crippen LogP contribution is -2.37. The molecule has 38 heavy (non-hydrogen) atoms. The van der Waals surface area contributed by atoms with Crippen molar-refractivity contribution in [2.75, 3.05) is 0 Å². The normalized spacial score (nSPS) is 38.2. The van der Waals surface area contributed by atoms with Crippen LogP contribution in [0.4, 0.5) is 0 Å². The molecule has 0 unspecified atom stereocenters. The van der Waals surface area contributed by atoms with Crippen LogP contribution in [-0.2, 0) is 9.53 Å². The van der Waals surface area contributed by atoms with Crippen molar-refractivity contribution in [1.82, 2.24) is 0 Å². The highest BCUT2D eigenvalue weighted by atomic mass is 16.5. The van der Waals surface area contributed by atoms with Crippen molar-refractivity contribution in [2.45, 2.75) is 97.7 Å². The van der Waals surface area contributed by atoms with Crippen molar-refractivity contribution in [3.8, 4) is 0 Å². The Morgan fingerprint density at radius 3 is 2.26 bits per heavy atom. The predicted molar refractivity (Wildman–Crippen MR) is 154 cm³/mol. The molecule has 4 N–H and O–H groups in total. The van der Waals surface area contributed by atoms with E-state index in [1.165, 1.54) is 6.08 Å². The number of carbonyl (C=O) groups excluding carboxylic acids is 1. The Kier molecular flexibility index (Phi) is 15.7. The number of esters is 1. The van der Waals surface area contributed by atoms with Crippen LogP contribution >= 0.6 is 0 Å². The molecular weight excluding hydrogens is 480 g/mol. The molecule has 0 fully saturated rings. The SMILES string of the molecule is C=CC=C[C@H](C)[C@@H]1OC(=O)C=CC=C[C@@H](C)[C@@H](O)C[C@H](O)C=C[C@H](C)[C@H](O)[C@@H](C)C[C@@H](C)CC[C@@H](O)[C@@H]1C. The van der Waals surface area contributed by atoms with Gasteiger partial charge in [-0.15, -0.1) is 0 Å². The molecule has 1 rings (SSSR count). The van der Waals surface area contributed by atoms with Gasteiger partial charge >= 0.3 is 5.97 Å². The molecule has 0 bridgehead atoms. The third-order valence-electron chi connectivity index (χ3n) is 7.78. The van der Waals surface area contributed by atoms with E-state index in [9.17, 15) is 25.2 Å². The van der Waals surface area contributed by atoms with Gasteiger partial charge in [0.2, 0.25) is 0 Å². The molecule has 0 radical (unpaired) electrons. The van der Waals surface area contributed by atoms with Gasteiger partial charge in [0.05, 0.1) is 24.4 Å². The highest BCUT2D eigenvalue weighted by molar-refractivity contribution is 5.82. The maximum absolute atomic E-state index is 12.6. The number of ether oxygens (including phenoxy) is 1. The minimum absolute atomic E-state index is 0.0366. The molecule has 1 heterocycles. The summed E-state index contributed by atoms with van der Waals surface area (Å²) in [6.07, 6.45) is 14.2. The average molecular weight is 533 g/mol. The van der Waals surface area contributed by atoms with E-state index in [2.05, 4.69) is 13.5 Å². The molecular formula is C32H52O6. The van der Waals surface area contributed by atoms with E-state index in [-0.39, 0.29) is 41.9 Å². The van der Waals surface area contributed by atoms with Crippen LogP contribution in [0.15, 0.2) is 61.3 Å². The molecule has 0 aromatic rings. The Morgan fingerprint density at radius 2 is 1.61 bits per heavy atom. The van der Waals surface area contributed by atoms with E-state index in [1.807, 2.05) is 52.8 Å². The first-order valence-corrected chi connectivity index (χ1v) is 14.1. The molecule has 0 spiro atoms. The van der Waals surface area contributed by atoms with Crippen molar-refractivity contribution < 1.29 is 30.0 Å². The van der Waals surface area contributed by atoms with Crippen LogP contribution < -0.4 is 0 Å². The van der Waals surface area contributed by atoms with Gasteiger partial charge in [-0.3, -0.25) is 0 Å². The van der Waals surface area contributed by atoms with Crippen LogP contribution in [0, 0.1) is 35.5 Å². The second kappa shape index (κ2) is 17.6. The number of hydrogen-bond acceptors (Lipinski definition) is 6. The topological polar surface area (TPSA) is 107 Å². The van der Waals surface area contributed by atoms with Crippen LogP contribution in [0.25, 0.3) is 0 Å². The zero-order valence-electron chi connectivity index (χ0n) is 24.2. The molecule has 0 aliphatic carbocycles. The maximum atomic E-state index is 12.6. The van der Waals surface area contributed by atoms with Crippen LogP contribution in [-0.4, -0.2) is 56.9 Å². The quantitative estimate of drug-likeness (QED) is 0.228. The number of hydrogen-bond donors (Lipinski definition) is 4. The molecule has 0 aromatic heterocycles. The summed E-state index contributed by atoms with van der Waals surface area (Å²) in [6, 6.07) is 0. The minimum atomic E-state index is -0.828. The molecule has 216 valence electrons. The molecule has 0 saturated heterocycles. The summed E-state index contributed by atoms with van der Waals surface area (Å²) in [5.41, 5.74) is 0. The largest absolute Gasteiger partial charge is 0.458 e. The van der Waals surface area contributed by atoms with E-state index in [1.54, 1.807) is 30.4 Å². The lowest BCUT2D eigenvalue weighted by atomic mass is 9.82. The summed E-state index contributed by atoms with van der Waals surface area (Å²) in [4.78, 5) is 12.6. The molecule has 6 nitrogen and oxygen atoms in total. The fraction of sp³-hybridized carbons (Fsp3) is 0.656. The van der Waals surface area contributed by atoms with E-state index >= 15 is 0 Å². The lowest BCUT2D eigenvalue weighted by molar-refractivity contribution is -0.150. The predicted octanol–water partition coefficient (Wildman–Crippen LogP) is 5.14. The summed E-state index contributed by atoms with van der Waals surface area (Å²) in [6.45, 7) is 15.5. The third-order valence-corrected chi connectivity index (χ3v) is 7.78. The minimum Gasteiger partial charge on any atom is -0.458 e. The zero-order chi connectivity index (χ0) is 28.8. The molecule has 0 saturated carbocycles. The highest BCUT2D eigenvalue weighted by Gasteiger charge is 2.31. The Bertz CT molecular complexity index is 815. The summed E-state index contributed by atoms with van der Waals surface area (Å²) < 4.78 is 5.81. The summed E-state index contributed by atoms with van der Waals surface area (Å²) in [7, 11) is 0. The molecule has 0 aromatic carbocycles. The number of aliphatic hydroxyl groups excluding tert-OH is 4. The zero-order valence-corrected chi connectivity index (χ0v) is 24.2. The van der Waals surface area contributed by atoms with Gasteiger partial charge in [-0.25, -0.2) is 4.79 Å². The van der Waals surface area contributed by atoms with Crippen molar-refractivity contribution in [3.05, 3.63) is 61.3 Å². The van der Waals surface area contributed by atoms with Crippen molar-refractivity contribution in [2.24, 2.45) is 35.5 Å². The molecule has 11 atom stereocenters. The first-order chi connectivity index (χ1) is 17.9. The highest BCUT2D eigenvalue weighted by Crippen LogP contribution is 2.28. The van der Waals surface area contributed by atoms with Crippen LogP contribution in [0.1, 0.15) is 67.2 Å².